The molecule has 0 bridgehead atoms. The number of quaternary nitrogens is 1. The van der Waals surface area contributed by atoms with Gasteiger partial charge in [0.25, 0.3) is 0 Å². The number of hydrogen-bond acceptors (Lipinski definition) is 3. The molecule has 0 radical (unpaired) electrons. The Kier molecular flexibility index (Phi) is 2.88. The fourth-order valence-electron chi connectivity index (χ4n) is 4.42. The molecule has 1 aromatic carbocycles. The van der Waals surface area contributed by atoms with E-state index in [1.54, 1.807) is 7.11 Å². The van der Waals surface area contributed by atoms with E-state index in [1.807, 2.05) is 6.07 Å². The van der Waals surface area contributed by atoms with Crippen molar-refractivity contribution < 1.29 is 19.1 Å². The summed E-state index contributed by atoms with van der Waals surface area (Å²) in [6.07, 6.45) is 5.41. The van der Waals surface area contributed by atoms with Crippen molar-refractivity contribution in [3.63, 3.8) is 0 Å². The van der Waals surface area contributed by atoms with Gasteiger partial charge in [0.2, 0.25) is 0 Å². The second-order valence-electron chi connectivity index (χ2n) is 7.48. The monoisotopic (exact) mass is 302 g/mol. The molecule has 3 atom stereocenters. The second kappa shape index (κ2) is 4.49. The molecule has 118 valence electrons. The van der Waals surface area contributed by atoms with Gasteiger partial charge in [0.1, 0.15) is 12.6 Å². The first-order valence-electron chi connectivity index (χ1n) is 8.02. The van der Waals surface area contributed by atoms with Crippen LogP contribution in [0.15, 0.2) is 24.3 Å². The maximum atomic E-state index is 10.5. The van der Waals surface area contributed by atoms with Crippen LogP contribution in [-0.2, 0) is 12.0 Å². The molecule has 1 aliphatic carbocycles. The van der Waals surface area contributed by atoms with Gasteiger partial charge in [-0.2, -0.15) is 0 Å². The van der Waals surface area contributed by atoms with Gasteiger partial charge in [-0.15, -0.1) is 0 Å². The van der Waals surface area contributed by atoms with Crippen LogP contribution in [0.2, 0.25) is 0 Å². The van der Waals surface area contributed by atoms with E-state index in [9.17, 15) is 5.11 Å². The van der Waals surface area contributed by atoms with Crippen LogP contribution in [0.1, 0.15) is 24.0 Å². The molecular weight excluding hydrogens is 278 g/mol. The fraction of sp³-hybridized carbons (Fsp3) is 0.556. The minimum absolute atomic E-state index is 0.194. The second-order valence-corrected chi connectivity index (χ2v) is 7.48. The first-order chi connectivity index (χ1) is 10.5. The molecular formula is C18H24NO3+. The van der Waals surface area contributed by atoms with Crippen LogP contribution >= 0.6 is 0 Å². The van der Waals surface area contributed by atoms with Gasteiger partial charge in [0, 0.05) is 17.5 Å². The molecule has 1 aromatic rings. The first-order valence-corrected chi connectivity index (χ1v) is 8.02. The molecule has 0 saturated carbocycles. The Bertz CT molecular complexity index is 652. The van der Waals surface area contributed by atoms with Gasteiger partial charge in [-0.25, -0.2) is 0 Å². The molecule has 0 unspecified atom stereocenters. The Labute approximate surface area is 131 Å². The largest absolute Gasteiger partial charge is 0.493 e. The summed E-state index contributed by atoms with van der Waals surface area (Å²) in [6.45, 7) is 2.04. The van der Waals surface area contributed by atoms with E-state index in [1.165, 1.54) is 11.1 Å². The molecule has 3 aliphatic rings. The molecule has 0 saturated heterocycles. The van der Waals surface area contributed by atoms with Crippen molar-refractivity contribution in [2.75, 3.05) is 27.7 Å². The van der Waals surface area contributed by atoms with E-state index >= 15 is 0 Å². The minimum atomic E-state index is -0.455. The smallest absolute Gasteiger partial charge is 0.166 e. The number of methoxy groups -OCH3 is 1. The quantitative estimate of drug-likeness (QED) is 0.637. The van der Waals surface area contributed by atoms with Crippen molar-refractivity contribution in [2.45, 2.75) is 37.0 Å². The lowest BCUT2D eigenvalue weighted by molar-refractivity contribution is -0.903. The van der Waals surface area contributed by atoms with Crippen LogP contribution < -0.4 is 9.47 Å². The minimum Gasteiger partial charge on any atom is -0.493 e. The zero-order valence-electron chi connectivity index (χ0n) is 13.5. The van der Waals surface area contributed by atoms with Crippen LogP contribution in [0.4, 0.5) is 0 Å². The van der Waals surface area contributed by atoms with Crippen molar-refractivity contribution in [1.82, 2.24) is 0 Å². The van der Waals surface area contributed by atoms with Crippen molar-refractivity contribution in [3.05, 3.63) is 35.4 Å². The average molecular weight is 302 g/mol. The van der Waals surface area contributed by atoms with Crippen LogP contribution in [0.25, 0.3) is 0 Å². The highest BCUT2D eigenvalue weighted by molar-refractivity contribution is 5.60. The van der Waals surface area contributed by atoms with Gasteiger partial charge in [-0.1, -0.05) is 12.2 Å². The maximum Gasteiger partial charge on any atom is 0.166 e. The number of ether oxygens (including phenoxy) is 2. The normalized spacial score (nSPS) is 34.4. The number of rotatable bonds is 1. The van der Waals surface area contributed by atoms with E-state index in [0.717, 1.165) is 35.5 Å². The van der Waals surface area contributed by atoms with Gasteiger partial charge in [-0.3, -0.25) is 0 Å². The Balaban J connectivity index is 1.98. The zero-order chi connectivity index (χ0) is 15.5. The Morgan fingerprint density at radius 1 is 1.36 bits per heavy atom. The van der Waals surface area contributed by atoms with E-state index in [4.69, 9.17) is 9.47 Å². The van der Waals surface area contributed by atoms with Gasteiger partial charge < -0.3 is 19.1 Å². The van der Waals surface area contributed by atoms with E-state index < -0.39 is 6.10 Å². The van der Waals surface area contributed by atoms with Gasteiger partial charge in [-0.05, 0) is 18.6 Å². The SMILES string of the molecule is COc1ccc2c3c1O[C@H]1[C@H](O)CC=C[C@@]31CC[N+](C)(C)C2. The lowest BCUT2D eigenvalue weighted by atomic mass is 9.68. The highest BCUT2D eigenvalue weighted by Gasteiger charge is 2.56. The number of aliphatic hydroxyl groups is 1. The summed E-state index contributed by atoms with van der Waals surface area (Å²) in [5.41, 5.74) is 2.36. The van der Waals surface area contributed by atoms with Crippen molar-refractivity contribution in [2.24, 2.45) is 0 Å². The van der Waals surface area contributed by atoms with Crippen molar-refractivity contribution in [1.29, 1.82) is 0 Å². The molecule has 2 aliphatic heterocycles. The summed E-state index contributed by atoms with van der Waals surface area (Å²) < 4.78 is 12.7. The maximum absolute atomic E-state index is 10.5. The van der Waals surface area contributed by atoms with Gasteiger partial charge in [0.15, 0.2) is 11.5 Å². The third-order valence-electron chi connectivity index (χ3n) is 5.52. The summed E-state index contributed by atoms with van der Waals surface area (Å²) >= 11 is 0. The van der Waals surface area contributed by atoms with Crippen molar-refractivity contribution >= 4 is 0 Å². The Morgan fingerprint density at radius 3 is 2.95 bits per heavy atom. The lowest BCUT2D eigenvalue weighted by Gasteiger charge is -2.37. The van der Waals surface area contributed by atoms with E-state index in [-0.39, 0.29) is 11.5 Å². The van der Waals surface area contributed by atoms with Crippen LogP contribution in [0, 0.1) is 0 Å². The molecule has 0 amide bonds. The summed E-state index contributed by atoms with van der Waals surface area (Å²) in [6, 6.07) is 4.17. The third-order valence-corrected chi connectivity index (χ3v) is 5.52. The van der Waals surface area contributed by atoms with Crippen LogP contribution in [0.5, 0.6) is 11.5 Å². The Morgan fingerprint density at radius 2 is 2.18 bits per heavy atom. The number of hydrogen-bond donors (Lipinski definition) is 1. The molecule has 4 heteroatoms. The summed E-state index contributed by atoms with van der Waals surface area (Å²) in [4.78, 5) is 0. The van der Waals surface area contributed by atoms with E-state index in [2.05, 4.69) is 32.3 Å². The highest BCUT2D eigenvalue weighted by Crippen LogP contribution is 2.56. The molecule has 0 aromatic heterocycles. The molecule has 2 heterocycles. The van der Waals surface area contributed by atoms with Crippen molar-refractivity contribution in [3.8, 4) is 11.5 Å². The average Bonchev–Trinajstić information content (AvgIpc) is 2.78. The number of benzene rings is 1. The van der Waals surface area contributed by atoms with Crippen LogP contribution in [-0.4, -0.2) is 49.5 Å². The highest BCUT2D eigenvalue weighted by atomic mass is 16.5. The standard InChI is InChI=1S/C18H24NO3/c1-19(2)10-9-18-8-4-5-13(20)17(18)22-16-14(21-3)7-6-12(11-19)15(16)18/h4,6-8,13,17,20H,5,9-11H2,1-3H3/q+1/t13-,17+,18-/m1/s1. The summed E-state index contributed by atoms with van der Waals surface area (Å²) in [7, 11) is 6.22. The third kappa shape index (κ3) is 1.77. The molecule has 4 rings (SSSR count). The first kappa shape index (κ1) is 14.1. The zero-order valence-corrected chi connectivity index (χ0v) is 13.5. The molecule has 0 fully saturated rings. The molecule has 4 nitrogen and oxygen atoms in total. The lowest BCUT2D eigenvalue weighted by Crippen LogP contribution is -2.48. The van der Waals surface area contributed by atoms with Crippen LogP contribution in [0.3, 0.4) is 0 Å². The molecule has 1 spiro atoms. The van der Waals surface area contributed by atoms with Gasteiger partial charge in [0.05, 0.1) is 39.3 Å². The number of nitrogens with zero attached hydrogens (tertiary/aromatic N) is 1. The summed E-state index contributed by atoms with van der Waals surface area (Å²) in [5.74, 6) is 1.62. The number of aliphatic hydroxyl groups excluding tert-OH is 1. The fourth-order valence-corrected chi connectivity index (χ4v) is 4.42. The topological polar surface area (TPSA) is 38.7 Å². The predicted molar refractivity (Wildman–Crippen MR) is 84.1 cm³/mol. The summed E-state index contributed by atoms with van der Waals surface area (Å²) in [5, 5.41) is 10.5. The Hall–Kier alpha value is -1.52. The van der Waals surface area contributed by atoms with Gasteiger partial charge >= 0.3 is 0 Å². The molecule has 1 N–H and O–H groups in total. The molecule has 22 heavy (non-hydrogen) atoms. The predicted octanol–water partition coefficient (Wildman–Crippen LogP) is 1.99. The van der Waals surface area contributed by atoms with E-state index in [0.29, 0.717) is 6.42 Å².